The average Bonchev–Trinajstić information content (AvgIpc) is 2.41. The lowest BCUT2D eigenvalue weighted by atomic mass is 10.2. The molecule has 21 heavy (non-hydrogen) atoms. The maximum atomic E-state index is 12.2. The van der Waals surface area contributed by atoms with Crippen LogP contribution in [0.15, 0.2) is 57.9 Å². The summed E-state index contributed by atoms with van der Waals surface area (Å²) in [5.74, 6) is -1.13. The third-order valence-electron chi connectivity index (χ3n) is 2.91. The number of rotatable bonds is 4. The molecule has 110 valence electrons. The van der Waals surface area contributed by atoms with Gasteiger partial charge in [0.05, 0.1) is 4.90 Å². The van der Waals surface area contributed by atoms with Crippen LogP contribution in [0.4, 0.5) is 5.69 Å². The number of aryl methyl sites for hydroxylation is 1. The van der Waals surface area contributed by atoms with Gasteiger partial charge < -0.3 is 5.32 Å². The minimum atomic E-state index is -3.64. The van der Waals surface area contributed by atoms with Crippen molar-refractivity contribution in [3.05, 3.63) is 58.6 Å². The Kier molecular flexibility index (Phi) is 4.80. The van der Waals surface area contributed by atoms with Crippen molar-refractivity contribution in [3.63, 3.8) is 0 Å². The summed E-state index contributed by atoms with van der Waals surface area (Å²) >= 11 is 3.24. The van der Waals surface area contributed by atoms with Crippen molar-refractivity contribution in [2.75, 3.05) is 11.1 Å². The third kappa shape index (κ3) is 4.15. The van der Waals surface area contributed by atoms with Gasteiger partial charge in [-0.05, 0) is 42.8 Å². The first kappa shape index (κ1) is 15.7. The number of sulfone groups is 1. The molecule has 1 amide bonds. The molecule has 0 bridgehead atoms. The summed E-state index contributed by atoms with van der Waals surface area (Å²) in [7, 11) is -3.64. The predicted octanol–water partition coefficient (Wildman–Crippen LogP) is 3.17. The van der Waals surface area contributed by atoms with E-state index in [0.29, 0.717) is 5.69 Å². The van der Waals surface area contributed by atoms with E-state index >= 15 is 0 Å². The smallest absolute Gasteiger partial charge is 0.239 e. The molecule has 6 heteroatoms. The number of para-hydroxylation sites is 1. The Morgan fingerprint density at radius 3 is 2.33 bits per heavy atom. The molecule has 0 aliphatic heterocycles. The van der Waals surface area contributed by atoms with Gasteiger partial charge in [-0.15, -0.1) is 0 Å². The van der Waals surface area contributed by atoms with Crippen LogP contribution in [0.25, 0.3) is 0 Å². The van der Waals surface area contributed by atoms with E-state index in [4.69, 9.17) is 0 Å². The largest absolute Gasteiger partial charge is 0.325 e. The van der Waals surface area contributed by atoms with Crippen LogP contribution < -0.4 is 5.32 Å². The second-order valence-electron chi connectivity index (χ2n) is 4.58. The molecule has 2 aromatic carbocycles. The second kappa shape index (κ2) is 6.41. The molecule has 0 spiro atoms. The number of benzene rings is 2. The number of carbonyl (C=O) groups excluding carboxylic acids is 1. The number of hydrogen-bond donors (Lipinski definition) is 1. The maximum absolute atomic E-state index is 12.2. The van der Waals surface area contributed by atoms with Crippen molar-refractivity contribution in [3.8, 4) is 0 Å². The summed E-state index contributed by atoms with van der Waals surface area (Å²) in [5, 5.41) is 2.62. The van der Waals surface area contributed by atoms with Gasteiger partial charge in [0, 0.05) is 10.2 Å². The molecule has 0 aromatic heterocycles. The van der Waals surface area contributed by atoms with Crippen LogP contribution in [0.3, 0.4) is 0 Å². The van der Waals surface area contributed by atoms with Gasteiger partial charge in [0.2, 0.25) is 5.91 Å². The van der Waals surface area contributed by atoms with Gasteiger partial charge in [0.15, 0.2) is 9.84 Å². The molecule has 0 saturated carbocycles. The predicted molar refractivity (Wildman–Crippen MR) is 86.0 cm³/mol. The van der Waals surface area contributed by atoms with E-state index in [2.05, 4.69) is 21.2 Å². The standard InChI is InChI=1S/C15H14BrNO3S/c1-11-4-2-3-5-14(11)17-15(18)10-21(19,20)13-8-6-12(16)7-9-13/h2-9H,10H2,1H3,(H,17,18). The summed E-state index contributed by atoms with van der Waals surface area (Å²) in [6, 6.07) is 13.4. The van der Waals surface area contributed by atoms with Crippen LogP contribution in [-0.2, 0) is 14.6 Å². The SMILES string of the molecule is Cc1ccccc1NC(=O)CS(=O)(=O)c1ccc(Br)cc1. The number of carbonyl (C=O) groups is 1. The Hall–Kier alpha value is -1.66. The molecule has 0 unspecified atom stereocenters. The van der Waals surface area contributed by atoms with E-state index in [-0.39, 0.29) is 4.90 Å². The Balaban J connectivity index is 2.12. The van der Waals surface area contributed by atoms with Gasteiger partial charge in [-0.2, -0.15) is 0 Å². The van der Waals surface area contributed by atoms with Crippen molar-refractivity contribution in [2.45, 2.75) is 11.8 Å². The Morgan fingerprint density at radius 1 is 1.10 bits per heavy atom. The molecule has 0 radical (unpaired) electrons. The van der Waals surface area contributed by atoms with Crippen LogP contribution in [-0.4, -0.2) is 20.1 Å². The van der Waals surface area contributed by atoms with Crippen LogP contribution in [0.5, 0.6) is 0 Å². The van der Waals surface area contributed by atoms with Gasteiger partial charge in [-0.1, -0.05) is 34.1 Å². The molecule has 0 fully saturated rings. The molecule has 2 rings (SSSR count). The summed E-state index contributed by atoms with van der Waals surface area (Å²) < 4.78 is 25.1. The summed E-state index contributed by atoms with van der Waals surface area (Å²) in [6.07, 6.45) is 0. The molecule has 0 heterocycles. The van der Waals surface area contributed by atoms with E-state index in [9.17, 15) is 13.2 Å². The lowest BCUT2D eigenvalue weighted by Gasteiger charge is -2.08. The highest BCUT2D eigenvalue weighted by molar-refractivity contribution is 9.10. The number of nitrogens with one attached hydrogen (secondary N) is 1. The van der Waals surface area contributed by atoms with Crippen LogP contribution in [0.2, 0.25) is 0 Å². The third-order valence-corrected chi connectivity index (χ3v) is 5.07. The molecule has 1 N–H and O–H groups in total. The van der Waals surface area contributed by atoms with Crippen LogP contribution in [0.1, 0.15) is 5.56 Å². The summed E-state index contributed by atoms with van der Waals surface area (Å²) in [6.45, 7) is 1.85. The zero-order valence-electron chi connectivity index (χ0n) is 11.3. The first-order valence-corrected chi connectivity index (χ1v) is 8.67. The molecule has 2 aromatic rings. The maximum Gasteiger partial charge on any atom is 0.239 e. The number of halogens is 1. The minimum absolute atomic E-state index is 0.130. The van der Waals surface area contributed by atoms with Crippen molar-refractivity contribution >= 4 is 37.4 Å². The molecule has 4 nitrogen and oxygen atoms in total. The van der Waals surface area contributed by atoms with E-state index in [0.717, 1.165) is 10.0 Å². The van der Waals surface area contributed by atoms with Crippen LogP contribution >= 0.6 is 15.9 Å². The fourth-order valence-electron chi connectivity index (χ4n) is 1.80. The lowest BCUT2D eigenvalue weighted by Crippen LogP contribution is -2.23. The quantitative estimate of drug-likeness (QED) is 0.902. The highest BCUT2D eigenvalue weighted by Gasteiger charge is 2.19. The van der Waals surface area contributed by atoms with Crippen LogP contribution in [0, 0.1) is 6.92 Å². The van der Waals surface area contributed by atoms with Gasteiger partial charge in [0.25, 0.3) is 0 Å². The number of hydrogen-bond acceptors (Lipinski definition) is 3. The number of amides is 1. The molecular weight excluding hydrogens is 354 g/mol. The highest BCUT2D eigenvalue weighted by atomic mass is 79.9. The highest BCUT2D eigenvalue weighted by Crippen LogP contribution is 2.17. The van der Waals surface area contributed by atoms with Gasteiger partial charge in [-0.3, -0.25) is 4.79 Å². The second-order valence-corrected chi connectivity index (χ2v) is 7.48. The van der Waals surface area contributed by atoms with Crippen molar-refractivity contribution in [2.24, 2.45) is 0 Å². The van der Waals surface area contributed by atoms with E-state index in [1.807, 2.05) is 19.1 Å². The first-order chi connectivity index (χ1) is 9.88. The zero-order valence-corrected chi connectivity index (χ0v) is 13.7. The summed E-state index contributed by atoms with van der Waals surface area (Å²) in [5.41, 5.74) is 1.50. The van der Waals surface area contributed by atoms with E-state index in [1.54, 1.807) is 24.3 Å². The monoisotopic (exact) mass is 367 g/mol. The fraction of sp³-hybridized carbons (Fsp3) is 0.133. The zero-order chi connectivity index (χ0) is 15.5. The Morgan fingerprint density at radius 2 is 1.71 bits per heavy atom. The van der Waals surface area contributed by atoms with E-state index in [1.165, 1.54) is 12.1 Å². The molecule has 0 aliphatic rings. The molecule has 0 saturated heterocycles. The van der Waals surface area contributed by atoms with Gasteiger partial charge >= 0.3 is 0 Å². The van der Waals surface area contributed by atoms with Gasteiger partial charge in [0.1, 0.15) is 5.75 Å². The molecule has 0 atom stereocenters. The first-order valence-electron chi connectivity index (χ1n) is 6.22. The normalized spacial score (nSPS) is 11.1. The topological polar surface area (TPSA) is 63.2 Å². The average molecular weight is 368 g/mol. The Labute approximate surface area is 132 Å². The molecule has 0 aliphatic carbocycles. The number of anilines is 1. The van der Waals surface area contributed by atoms with Crippen molar-refractivity contribution in [1.29, 1.82) is 0 Å². The lowest BCUT2D eigenvalue weighted by molar-refractivity contribution is -0.113. The fourth-order valence-corrected chi connectivity index (χ4v) is 3.20. The summed E-state index contributed by atoms with van der Waals surface area (Å²) in [4.78, 5) is 12.1. The van der Waals surface area contributed by atoms with Crippen molar-refractivity contribution < 1.29 is 13.2 Å². The van der Waals surface area contributed by atoms with Crippen molar-refractivity contribution in [1.82, 2.24) is 0 Å². The minimum Gasteiger partial charge on any atom is -0.325 e. The van der Waals surface area contributed by atoms with Gasteiger partial charge in [-0.25, -0.2) is 8.42 Å². The Bertz CT molecular complexity index is 755. The molecular formula is C15H14BrNO3S. The van der Waals surface area contributed by atoms with E-state index < -0.39 is 21.5 Å².